The molecule has 92 valence electrons. The maximum absolute atomic E-state index is 11.8. The highest BCUT2D eigenvalue weighted by atomic mass is 32.1. The minimum atomic E-state index is -1.02. The maximum atomic E-state index is 11.8. The Morgan fingerprint density at radius 1 is 1.44 bits per heavy atom. The fourth-order valence-corrected chi connectivity index (χ4v) is 2.04. The third-order valence-corrected chi connectivity index (χ3v) is 3.05. The fraction of sp³-hybridized carbons (Fsp3) is 0. The highest BCUT2D eigenvalue weighted by Crippen LogP contribution is 2.19. The largest absolute Gasteiger partial charge is 0.478 e. The van der Waals surface area contributed by atoms with E-state index in [0.717, 1.165) is 6.08 Å². The summed E-state index contributed by atoms with van der Waals surface area (Å²) in [5, 5.41) is 17.4. The Morgan fingerprint density at radius 2 is 2.28 bits per heavy atom. The molecule has 0 unspecified atom stereocenters. The molecule has 0 aliphatic carbocycles. The summed E-state index contributed by atoms with van der Waals surface area (Å²) >= 11 is 1.21. The Hall–Kier alpha value is -2.41. The number of carbonyl (C=O) groups is 2. The number of anilines is 1. The molecule has 0 aromatic carbocycles. The average Bonchev–Trinajstić information content (AvgIpc) is 2.96. The number of aromatic amines is 1. The predicted molar refractivity (Wildman–Crippen MR) is 67.5 cm³/mol. The van der Waals surface area contributed by atoms with Gasteiger partial charge < -0.3 is 10.4 Å². The van der Waals surface area contributed by atoms with E-state index in [-0.39, 0.29) is 5.91 Å². The monoisotopic (exact) mass is 263 g/mol. The summed E-state index contributed by atoms with van der Waals surface area (Å²) in [6.45, 7) is 0. The van der Waals surface area contributed by atoms with Crippen molar-refractivity contribution in [2.24, 2.45) is 0 Å². The van der Waals surface area contributed by atoms with E-state index in [1.807, 2.05) is 0 Å². The summed E-state index contributed by atoms with van der Waals surface area (Å²) in [4.78, 5) is 23.3. The number of nitrogens with zero attached hydrogens (tertiary/aromatic N) is 1. The van der Waals surface area contributed by atoms with Crippen molar-refractivity contribution in [2.45, 2.75) is 0 Å². The van der Waals surface area contributed by atoms with Crippen LogP contribution in [0.3, 0.4) is 0 Å². The van der Waals surface area contributed by atoms with Crippen LogP contribution in [-0.2, 0) is 4.79 Å². The molecule has 2 heterocycles. The number of carboxylic acid groups (broad SMARTS) is 1. The number of hydrogen-bond donors (Lipinski definition) is 3. The van der Waals surface area contributed by atoms with Gasteiger partial charge in [0.2, 0.25) is 0 Å². The molecule has 0 aliphatic rings. The Labute approximate surface area is 106 Å². The summed E-state index contributed by atoms with van der Waals surface area (Å²) in [5.41, 5.74) is 0.580. The van der Waals surface area contributed by atoms with Crippen LogP contribution in [0.1, 0.15) is 14.5 Å². The Bertz CT molecular complexity index is 586. The van der Waals surface area contributed by atoms with Crippen molar-refractivity contribution in [3.63, 3.8) is 0 Å². The van der Waals surface area contributed by atoms with Crippen LogP contribution in [0.4, 0.5) is 5.69 Å². The van der Waals surface area contributed by atoms with Crippen LogP contribution in [0, 0.1) is 0 Å². The molecule has 18 heavy (non-hydrogen) atoms. The molecule has 0 spiro atoms. The molecular weight excluding hydrogens is 254 g/mol. The van der Waals surface area contributed by atoms with Gasteiger partial charge in [-0.2, -0.15) is 5.10 Å². The summed E-state index contributed by atoms with van der Waals surface area (Å²) in [6.07, 6.45) is 5.54. The van der Waals surface area contributed by atoms with Crippen LogP contribution in [0.25, 0.3) is 6.08 Å². The number of rotatable bonds is 4. The normalized spacial score (nSPS) is 10.7. The van der Waals surface area contributed by atoms with Gasteiger partial charge in [-0.1, -0.05) is 0 Å². The molecule has 3 N–H and O–H groups in total. The summed E-state index contributed by atoms with van der Waals surface area (Å²) in [7, 11) is 0. The number of amides is 1. The highest BCUT2D eigenvalue weighted by molar-refractivity contribution is 7.15. The van der Waals surface area contributed by atoms with Crippen molar-refractivity contribution < 1.29 is 14.7 Å². The summed E-state index contributed by atoms with van der Waals surface area (Å²) < 4.78 is 0. The lowest BCUT2D eigenvalue weighted by atomic mass is 10.3. The van der Waals surface area contributed by atoms with Crippen LogP contribution in [0.2, 0.25) is 0 Å². The van der Waals surface area contributed by atoms with Crippen LogP contribution < -0.4 is 5.32 Å². The molecule has 7 heteroatoms. The molecule has 0 bridgehead atoms. The number of H-pyrrole nitrogens is 1. The van der Waals surface area contributed by atoms with Crippen molar-refractivity contribution >= 4 is 35.0 Å². The molecule has 1 amide bonds. The molecule has 0 atom stereocenters. The Kier molecular flexibility index (Phi) is 3.54. The average molecular weight is 263 g/mol. The standard InChI is InChI=1S/C11H9N3O3S/c15-10(16)4-2-8-1-3-9(18-8)11(17)14-7-5-12-13-6-7/h1-6H,(H,12,13)(H,14,17)(H,15,16). The Morgan fingerprint density at radius 3 is 2.94 bits per heavy atom. The topological polar surface area (TPSA) is 95.1 Å². The van der Waals surface area contributed by atoms with Gasteiger partial charge in [0.1, 0.15) is 0 Å². The number of aromatic nitrogens is 2. The molecule has 0 saturated carbocycles. The second kappa shape index (κ2) is 5.28. The lowest BCUT2D eigenvalue weighted by Gasteiger charge is -1.97. The molecule has 0 saturated heterocycles. The zero-order valence-electron chi connectivity index (χ0n) is 9.08. The maximum Gasteiger partial charge on any atom is 0.328 e. The van der Waals surface area contributed by atoms with Crippen molar-refractivity contribution in [2.75, 3.05) is 5.32 Å². The molecule has 0 fully saturated rings. The summed E-state index contributed by atoms with van der Waals surface area (Å²) in [5.74, 6) is -1.27. The van der Waals surface area contributed by atoms with Gasteiger partial charge in [0.05, 0.1) is 16.8 Å². The SMILES string of the molecule is O=C(O)C=Cc1ccc(C(=O)Nc2cn[nH]c2)s1. The highest BCUT2D eigenvalue weighted by Gasteiger charge is 2.09. The Balaban J connectivity index is 2.05. The van der Waals surface area contributed by atoms with Crippen molar-refractivity contribution in [3.05, 3.63) is 40.4 Å². The molecular formula is C11H9N3O3S. The minimum Gasteiger partial charge on any atom is -0.478 e. The van der Waals surface area contributed by atoms with E-state index in [1.54, 1.807) is 18.3 Å². The van der Waals surface area contributed by atoms with Crippen molar-refractivity contribution in [3.8, 4) is 0 Å². The van der Waals surface area contributed by atoms with Crippen LogP contribution >= 0.6 is 11.3 Å². The van der Waals surface area contributed by atoms with Gasteiger partial charge in [0.25, 0.3) is 5.91 Å². The molecule has 2 aromatic heterocycles. The van der Waals surface area contributed by atoms with Crippen molar-refractivity contribution in [1.29, 1.82) is 0 Å². The van der Waals surface area contributed by atoms with E-state index in [2.05, 4.69) is 15.5 Å². The first-order valence-corrected chi connectivity index (χ1v) is 5.78. The minimum absolute atomic E-state index is 0.253. The first kappa shape index (κ1) is 12.1. The number of carbonyl (C=O) groups excluding carboxylic acids is 1. The van der Waals surface area contributed by atoms with E-state index >= 15 is 0 Å². The fourth-order valence-electron chi connectivity index (χ4n) is 1.23. The predicted octanol–water partition coefficient (Wildman–Crippen LogP) is 1.82. The lowest BCUT2D eigenvalue weighted by Crippen LogP contribution is -2.09. The van der Waals surface area contributed by atoms with Crippen molar-refractivity contribution in [1.82, 2.24) is 10.2 Å². The van der Waals surface area contributed by atoms with Gasteiger partial charge in [0, 0.05) is 17.2 Å². The van der Waals surface area contributed by atoms with Gasteiger partial charge in [0.15, 0.2) is 0 Å². The van der Waals surface area contributed by atoms with Crippen LogP contribution in [0.15, 0.2) is 30.6 Å². The number of carboxylic acids is 1. The molecule has 2 aromatic rings. The first-order chi connectivity index (χ1) is 8.65. The molecule has 0 aliphatic heterocycles. The molecule has 6 nitrogen and oxygen atoms in total. The quantitative estimate of drug-likeness (QED) is 0.733. The van der Waals surface area contributed by atoms with E-state index < -0.39 is 5.97 Å². The second-order valence-electron chi connectivity index (χ2n) is 3.31. The summed E-state index contributed by atoms with van der Waals surface area (Å²) in [6, 6.07) is 3.33. The van der Waals surface area contributed by atoms with E-state index in [9.17, 15) is 9.59 Å². The smallest absolute Gasteiger partial charge is 0.328 e. The lowest BCUT2D eigenvalue weighted by molar-refractivity contribution is -0.131. The van der Waals surface area contributed by atoms with Gasteiger partial charge in [-0.15, -0.1) is 11.3 Å². The van der Waals surface area contributed by atoms with Crippen LogP contribution in [-0.4, -0.2) is 27.2 Å². The van der Waals surface area contributed by atoms with E-state index in [0.29, 0.717) is 15.4 Å². The number of nitrogens with one attached hydrogen (secondary N) is 2. The molecule has 0 radical (unpaired) electrons. The zero-order chi connectivity index (χ0) is 13.0. The third kappa shape index (κ3) is 3.05. The number of hydrogen-bond acceptors (Lipinski definition) is 4. The van der Waals surface area contributed by atoms with Gasteiger partial charge in [-0.25, -0.2) is 4.79 Å². The van der Waals surface area contributed by atoms with Gasteiger partial charge in [-0.3, -0.25) is 9.89 Å². The van der Waals surface area contributed by atoms with Gasteiger partial charge >= 0.3 is 5.97 Å². The second-order valence-corrected chi connectivity index (χ2v) is 4.43. The van der Waals surface area contributed by atoms with Gasteiger partial charge in [-0.05, 0) is 18.2 Å². The first-order valence-electron chi connectivity index (χ1n) is 4.96. The number of thiophene rings is 1. The van der Waals surface area contributed by atoms with E-state index in [1.165, 1.54) is 23.6 Å². The molecule has 2 rings (SSSR count). The third-order valence-electron chi connectivity index (χ3n) is 2.00. The zero-order valence-corrected chi connectivity index (χ0v) is 9.90. The number of aliphatic carboxylic acids is 1. The van der Waals surface area contributed by atoms with Crippen LogP contribution in [0.5, 0.6) is 0 Å². The van der Waals surface area contributed by atoms with E-state index in [4.69, 9.17) is 5.11 Å².